The molecule has 1 aliphatic carbocycles. The van der Waals surface area contributed by atoms with E-state index >= 15 is 0 Å². The monoisotopic (exact) mass is 320 g/mol. The third-order valence-electron chi connectivity index (χ3n) is 4.17. The number of hydrogen-bond acceptors (Lipinski definition) is 1. The Bertz CT molecular complexity index is 685. The van der Waals surface area contributed by atoms with E-state index < -0.39 is 11.4 Å². The Hall–Kier alpha value is -1.51. The molecule has 2 nitrogen and oxygen atoms in total. The van der Waals surface area contributed by atoms with Crippen LogP contribution in [0.1, 0.15) is 16.7 Å². The summed E-state index contributed by atoms with van der Waals surface area (Å²) in [7, 11) is 0. The molecule has 0 saturated heterocycles. The molecule has 0 saturated carbocycles. The average molecular weight is 321 g/mol. The summed E-state index contributed by atoms with van der Waals surface area (Å²) >= 11 is 12.1. The van der Waals surface area contributed by atoms with E-state index in [-0.39, 0.29) is 0 Å². The molecule has 0 radical (unpaired) electrons. The van der Waals surface area contributed by atoms with Gasteiger partial charge in [-0.25, -0.2) is 0 Å². The Kier molecular flexibility index (Phi) is 3.68. The number of carboxylic acid groups (broad SMARTS) is 1. The number of aliphatic carboxylic acids is 1. The first-order valence-corrected chi connectivity index (χ1v) is 7.50. The zero-order valence-electron chi connectivity index (χ0n) is 11.3. The summed E-state index contributed by atoms with van der Waals surface area (Å²) in [5.74, 6) is -0.773. The molecule has 21 heavy (non-hydrogen) atoms. The molecule has 4 heteroatoms. The maximum Gasteiger partial charge on any atom is 0.310 e. The summed E-state index contributed by atoms with van der Waals surface area (Å²) < 4.78 is 0. The summed E-state index contributed by atoms with van der Waals surface area (Å²) in [6.07, 6.45) is 1.49. The zero-order chi connectivity index (χ0) is 15.0. The van der Waals surface area contributed by atoms with Gasteiger partial charge >= 0.3 is 5.97 Å². The van der Waals surface area contributed by atoms with Gasteiger partial charge in [0, 0.05) is 10.0 Å². The van der Waals surface area contributed by atoms with Crippen LogP contribution in [0, 0.1) is 5.41 Å². The van der Waals surface area contributed by atoms with Gasteiger partial charge < -0.3 is 5.11 Å². The van der Waals surface area contributed by atoms with Crippen LogP contribution < -0.4 is 0 Å². The minimum absolute atomic E-state index is 0.410. The molecule has 0 bridgehead atoms. The third kappa shape index (κ3) is 2.66. The lowest BCUT2D eigenvalue weighted by Crippen LogP contribution is -2.34. The highest BCUT2D eigenvalue weighted by atomic mass is 35.5. The zero-order valence-corrected chi connectivity index (χ0v) is 12.8. The first kappa shape index (κ1) is 14.4. The molecule has 0 spiro atoms. The van der Waals surface area contributed by atoms with E-state index in [1.807, 2.05) is 30.3 Å². The van der Waals surface area contributed by atoms with Crippen molar-refractivity contribution in [2.24, 2.45) is 5.41 Å². The Labute approximate surface area is 133 Å². The molecular formula is C17H14Cl2O2. The van der Waals surface area contributed by atoms with E-state index in [0.717, 1.165) is 16.7 Å². The van der Waals surface area contributed by atoms with Crippen LogP contribution in [0.3, 0.4) is 0 Å². The highest BCUT2D eigenvalue weighted by Crippen LogP contribution is 2.41. The van der Waals surface area contributed by atoms with Gasteiger partial charge in [0.25, 0.3) is 0 Å². The summed E-state index contributed by atoms with van der Waals surface area (Å²) in [6.45, 7) is 0. The number of rotatable bonds is 3. The number of halogens is 2. The molecule has 2 aromatic carbocycles. The lowest BCUT2D eigenvalue weighted by molar-refractivity contribution is -0.148. The van der Waals surface area contributed by atoms with Crippen molar-refractivity contribution in [2.75, 3.05) is 0 Å². The Balaban J connectivity index is 1.96. The van der Waals surface area contributed by atoms with E-state index in [0.29, 0.717) is 29.3 Å². The maximum atomic E-state index is 11.9. The molecule has 0 fully saturated rings. The molecular weight excluding hydrogens is 307 g/mol. The number of carbonyl (C=O) groups is 1. The third-order valence-corrected chi connectivity index (χ3v) is 4.76. The van der Waals surface area contributed by atoms with Gasteiger partial charge in [0.05, 0.1) is 5.41 Å². The van der Waals surface area contributed by atoms with Crippen LogP contribution in [-0.4, -0.2) is 11.1 Å². The molecule has 0 aliphatic heterocycles. The minimum atomic E-state index is -0.818. The fraction of sp³-hybridized carbons (Fsp3) is 0.235. The highest BCUT2D eigenvalue weighted by molar-refractivity contribution is 6.35. The van der Waals surface area contributed by atoms with E-state index in [1.165, 1.54) is 0 Å². The Morgan fingerprint density at radius 2 is 1.71 bits per heavy atom. The van der Waals surface area contributed by atoms with Crippen molar-refractivity contribution in [2.45, 2.75) is 19.3 Å². The molecule has 0 aromatic heterocycles. The maximum absolute atomic E-state index is 11.9. The van der Waals surface area contributed by atoms with Crippen LogP contribution in [0.25, 0.3) is 0 Å². The number of fused-ring (bicyclic) bond motifs is 1. The van der Waals surface area contributed by atoms with Crippen molar-refractivity contribution in [3.8, 4) is 0 Å². The summed E-state index contributed by atoms with van der Waals surface area (Å²) in [6, 6.07) is 13.1. The summed E-state index contributed by atoms with van der Waals surface area (Å²) in [5, 5.41) is 10.9. The predicted octanol–water partition coefficient (Wildman–Crippen LogP) is 4.41. The number of carboxylic acids is 1. The standard InChI is InChI=1S/C17H14Cl2O2/c18-14-6-5-13(15(19)7-14)10-17(16(20)21)8-11-3-1-2-4-12(11)9-17/h1-7H,8-10H2,(H,20,21). The SMILES string of the molecule is O=C(O)C1(Cc2ccc(Cl)cc2Cl)Cc2ccccc2C1. The fourth-order valence-corrected chi connectivity index (χ4v) is 3.55. The van der Waals surface area contributed by atoms with Crippen molar-refractivity contribution >= 4 is 29.2 Å². The lowest BCUT2D eigenvalue weighted by atomic mass is 9.79. The van der Waals surface area contributed by atoms with Gasteiger partial charge in [0.15, 0.2) is 0 Å². The van der Waals surface area contributed by atoms with Gasteiger partial charge in [-0.3, -0.25) is 4.79 Å². The second kappa shape index (κ2) is 5.36. The van der Waals surface area contributed by atoms with Crippen LogP contribution >= 0.6 is 23.2 Å². The summed E-state index contributed by atoms with van der Waals surface area (Å²) in [5.41, 5.74) is 2.24. The van der Waals surface area contributed by atoms with Crippen molar-refractivity contribution in [3.63, 3.8) is 0 Å². The minimum Gasteiger partial charge on any atom is -0.481 e. The van der Waals surface area contributed by atoms with Gasteiger partial charge in [0.2, 0.25) is 0 Å². The van der Waals surface area contributed by atoms with E-state index in [9.17, 15) is 9.90 Å². The van der Waals surface area contributed by atoms with Crippen LogP contribution in [0.2, 0.25) is 10.0 Å². The van der Waals surface area contributed by atoms with Gasteiger partial charge in [0.1, 0.15) is 0 Å². The molecule has 0 heterocycles. The molecule has 108 valence electrons. The van der Waals surface area contributed by atoms with Crippen molar-refractivity contribution in [1.29, 1.82) is 0 Å². The molecule has 3 rings (SSSR count). The van der Waals surface area contributed by atoms with Crippen LogP contribution in [-0.2, 0) is 24.1 Å². The largest absolute Gasteiger partial charge is 0.481 e. The number of benzene rings is 2. The average Bonchev–Trinajstić information content (AvgIpc) is 2.81. The Morgan fingerprint density at radius 3 is 2.24 bits per heavy atom. The second-order valence-electron chi connectivity index (χ2n) is 5.62. The van der Waals surface area contributed by atoms with Crippen LogP contribution in [0.15, 0.2) is 42.5 Å². The van der Waals surface area contributed by atoms with Gasteiger partial charge in [-0.2, -0.15) is 0 Å². The molecule has 0 atom stereocenters. The smallest absolute Gasteiger partial charge is 0.310 e. The van der Waals surface area contributed by atoms with E-state index in [2.05, 4.69) is 0 Å². The van der Waals surface area contributed by atoms with Crippen LogP contribution in [0.4, 0.5) is 0 Å². The molecule has 0 amide bonds. The number of hydrogen-bond donors (Lipinski definition) is 1. The van der Waals surface area contributed by atoms with Crippen molar-refractivity contribution < 1.29 is 9.90 Å². The van der Waals surface area contributed by atoms with Crippen molar-refractivity contribution in [3.05, 3.63) is 69.2 Å². The van der Waals surface area contributed by atoms with Crippen molar-refractivity contribution in [1.82, 2.24) is 0 Å². The first-order chi connectivity index (χ1) is 10.00. The van der Waals surface area contributed by atoms with Gasteiger partial charge in [-0.1, -0.05) is 53.5 Å². The van der Waals surface area contributed by atoms with Gasteiger partial charge in [-0.15, -0.1) is 0 Å². The molecule has 1 aliphatic rings. The van der Waals surface area contributed by atoms with E-state index in [1.54, 1.807) is 12.1 Å². The summed E-state index contributed by atoms with van der Waals surface area (Å²) in [4.78, 5) is 11.9. The normalized spacial score (nSPS) is 15.7. The quantitative estimate of drug-likeness (QED) is 0.909. The second-order valence-corrected chi connectivity index (χ2v) is 6.46. The van der Waals surface area contributed by atoms with Gasteiger partial charge in [-0.05, 0) is 48.1 Å². The molecule has 2 aromatic rings. The van der Waals surface area contributed by atoms with Crippen LogP contribution in [0.5, 0.6) is 0 Å². The lowest BCUT2D eigenvalue weighted by Gasteiger charge is -2.24. The topological polar surface area (TPSA) is 37.3 Å². The highest BCUT2D eigenvalue weighted by Gasteiger charge is 2.44. The fourth-order valence-electron chi connectivity index (χ4n) is 3.08. The predicted molar refractivity (Wildman–Crippen MR) is 84.1 cm³/mol. The Morgan fingerprint density at radius 1 is 1.10 bits per heavy atom. The molecule has 0 unspecified atom stereocenters. The molecule has 1 N–H and O–H groups in total. The van der Waals surface area contributed by atoms with E-state index in [4.69, 9.17) is 23.2 Å². The first-order valence-electron chi connectivity index (χ1n) is 6.74.